The smallest absolute Gasteiger partial charge is 0.250 e. The van der Waals surface area contributed by atoms with E-state index in [0.29, 0.717) is 62.0 Å². The number of halogens is 1. The maximum absolute atomic E-state index is 13.0. The molecule has 0 fully saturated rings. The first-order chi connectivity index (χ1) is 13.7. The number of ether oxygens (including phenoxy) is 1. The van der Waals surface area contributed by atoms with Crippen molar-refractivity contribution < 1.29 is 13.9 Å². The second-order valence-electron chi connectivity index (χ2n) is 6.49. The number of anilines is 1. The lowest BCUT2D eigenvalue weighted by molar-refractivity contribution is -0.128. The second-order valence-corrected chi connectivity index (χ2v) is 6.49. The third kappa shape index (κ3) is 3.49. The molecule has 1 amide bonds. The van der Waals surface area contributed by atoms with Crippen molar-refractivity contribution in [2.75, 3.05) is 31.1 Å². The van der Waals surface area contributed by atoms with Gasteiger partial charge in [0.1, 0.15) is 24.0 Å². The minimum absolute atomic E-state index is 0.0570. The molecule has 9 heteroatoms. The summed E-state index contributed by atoms with van der Waals surface area (Å²) in [7, 11) is 0. The maximum Gasteiger partial charge on any atom is 0.250 e. The molecule has 2 aliphatic rings. The van der Waals surface area contributed by atoms with Crippen LogP contribution in [0, 0.1) is 17.1 Å². The quantitative estimate of drug-likeness (QED) is 0.778. The van der Waals surface area contributed by atoms with E-state index in [1.807, 2.05) is 11.0 Å². The molecule has 0 saturated carbocycles. The zero-order valence-corrected chi connectivity index (χ0v) is 15.0. The molecule has 8 nitrogen and oxygen atoms in total. The van der Waals surface area contributed by atoms with Gasteiger partial charge in [-0.1, -0.05) is 6.08 Å². The van der Waals surface area contributed by atoms with Gasteiger partial charge in [0.25, 0.3) is 0 Å². The SMILES string of the molecule is N#Cc1cncc2c1OCCN(C(=O)C1=CCN(c3ncc(F)cn3)CC1)C2. The molecule has 0 aliphatic carbocycles. The number of hydrogen-bond donors (Lipinski definition) is 0. The fraction of sp³-hybridized carbons (Fsp3) is 0.316. The highest BCUT2D eigenvalue weighted by Gasteiger charge is 2.26. The summed E-state index contributed by atoms with van der Waals surface area (Å²) in [5.74, 6) is 0.407. The number of nitrogens with zero attached hydrogens (tertiary/aromatic N) is 6. The van der Waals surface area contributed by atoms with Crippen LogP contribution in [0.1, 0.15) is 17.5 Å². The molecule has 0 aromatic carbocycles. The van der Waals surface area contributed by atoms with Gasteiger partial charge in [0, 0.05) is 36.6 Å². The molecular formula is C19H17FN6O2. The fourth-order valence-electron chi connectivity index (χ4n) is 3.29. The number of pyridine rings is 1. The van der Waals surface area contributed by atoms with Crippen LogP contribution in [0.5, 0.6) is 5.75 Å². The Balaban J connectivity index is 1.47. The highest BCUT2D eigenvalue weighted by molar-refractivity contribution is 5.94. The van der Waals surface area contributed by atoms with E-state index in [-0.39, 0.29) is 5.91 Å². The van der Waals surface area contributed by atoms with Gasteiger partial charge in [-0.15, -0.1) is 0 Å². The summed E-state index contributed by atoms with van der Waals surface area (Å²) >= 11 is 0. The number of carbonyl (C=O) groups is 1. The first kappa shape index (κ1) is 17.9. The topological polar surface area (TPSA) is 95.2 Å². The Labute approximate surface area is 160 Å². The van der Waals surface area contributed by atoms with E-state index in [2.05, 4.69) is 21.0 Å². The van der Waals surface area contributed by atoms with Gasteiger partial charge in [-0.05, 0) is 6.42 Å². The average Bonchev–Trinajstić information content (AvgIpc) is 2.96. The molecule has 4 heterocycles. The van der Waals surface area contributed by atoms with E-state index >= 15 is 0 Å². The van der Waals surface area contributed by atoms with E-state index in [4.69, 9.17) is 4.74 Å². The van der Waals surface area contributed by atoms with Crippen molar-refractivity contribution in [1.82, 2.24) is 19.9 Å². The van der Waals surface area contributed by atoms with Crippen LogP contribution in [0.15, 0.2) is 36.4 Å². The summed E-state index contributed by atoms with van der Waals surface area (Å²) in [6, 6.07) is 2.07. The van der Waals surface area contributed by atoms with Crippen molar-refractivity contribution in [2.45, 2.75) is 13.0 Å². The molecule has 0 spiro atoms. The lowest BCUT2D eigenvalue weighted by Crippen LogP contribution is -2.37. The standard InChI is InChI=1S/C19H17FN6O2/c20-16-10-23-19(24-11-16)25-3-1-13(2-4-25)18(27)26-5-6-28-17-14(7-21)8-22-9-15(17)12-26/h1,8-11H,2-6,12H2. The van der Waals surface area contributed by atoms with Crippen LogP contribution in [0.3, 0.4) is 0 Å². The monoisotopic (exact) mass is 380 g/mol. The predicted molar refractivity (Wildman–Crippen MR) is 96.8 cm³/mol. The van der Waals surface area contributed by atoms with Crippen molar-refractivity contribution >= 4 is 11.9 Å². The molecule has 0 unspecified atom stereocenters. The van der Waals surface area contributed by atoms with Crippen LogP contribution in [0.4, 0.5) is 10.3 Å². The number of rotatable bonds is 2. The normalized spacial score (nSPS) is 16.4. The number of fused-ring (bicyclic) bond motifs is 1. The molecule has 0 bridgehead atoms. The molecule has 28 heavy (non-hydrogen) atoms. The van der Waals surface area contributed by atoms with Crippen molar-refractivity contribution in [3.8, 4) is 11.8 Å². The van der Waals surface area contributed by atoms with Crippen LogP contribution in [0.25, 0.3) is 0 Å². The van der Waals surface area contributed by atoms with Gasteiger partial charge >= 0.3 is 0 Å². The Morgan fingerprint density at radius 3 is 2.75 bits per heavy atom. The average molecular weight is 380 g/mol. The van der Waals surface area contributed by atoms with Crippen LogP contribution in [-0.4, -0.2) is 52.0 Å². The van der Waals surface area contributed by atoms with Crippen LogP contribution >= 0.6 is 0 Å². The highest BCUT2D eigenvalue weighted by Crippen LogP contribution is 2.27. The van der Waals surface area contributed by atoms with Gasteiger partial charge in [-0.3, -0.25) is 9.78 Å². The first-order valence-corrected chi connectivity index (χ1v) is 8.86. The van der Waals surface area contributed by atoms with E-state index in [1.54, 1.807) is 11.1 Å². The maximum atomic E-state index is 13.0. The van der Waals surface area contributed by atoms with Gasteiger partial charge in [-0.25, -0.2) is 14.4 Å². The summed E-state index contributed by atoms with van der Waals surface area (Å²) in [6.45, 7) is 2.15. The summed E-state index contributed by atoms with van der Waals surface area (Å²) < 4.78 is 18.7. The number of carbonyl (C=O) groups excluding carboxylic acids is 1. The molecule has 2 aromatic rings. The number of aromatic nitrogens is 3. The predicted octanol–water partition coefficient (Wildman–Crippen LogP) is 1.44. The Hall–Kier alpha value is -3.54. The first-order valence-electron chi connectivity index (χ1n) is 8.86. The van der Waals surface area contributed by atoms with Gasteiger partial charge in [-0.2, -0.15) is 5.26 Å². The van der Waals surface area contributed by atoms with E-state index in [0.717, 1.165) is 18.0 Å². The lowest BCUT2D eigenvalue weighted by atomic mass is 10.1. The zero-order chi connectivity index (χ0) is 19.5. The van der Waals surface area contributed by atoms with Gasteiger partial charge in [0.15, 0.2) is 5.82 Å². The third-order valence-corrected chi connectivity index (χ3v) is 4.72. The van der Waals surface area contributed by atoms with Crippen molar-refractivity contribution in [1.29, 1.82) is 5.26 Å². The lowest BCUT2D eigenvalue weighted by Gasteiger charge is -2.28. The summed E-state index contributed by atoms with van der Waals surface area (Å²) in [6.07, 6.45) is 7.75. The zero-order valence-electron chi connectivity index (χ0n) is 15.0. The molecule has 0 radical (unpaired) electrons. The van der Waals surface area contributed by atoms with Gasteiger partial charge in [0.2, 0.25) is 11.9 Å². The third-order valence-electron chi connectivity index (χ3n) is 4.72. The minimum atomic E-state index is -0.482. The molecule has 0 atom stereocenters. The fourth-order valence-corrected chi connectivity index (χ4v) is 3.29. The minimum Gasteiger partial charge on any atom is -0.490 e. The Morgan fingerprint density at radius 1 is 1.21 bits per heavy atom. The summed E-state index contributed by atoms with van der Waals surface area (Å²) in [4.78, 5) is 28.6. The molecule has 0 N–H and O–H groups in total. The van der Waals surface area contributed by atoms with Crippen LogP contribution in [-0.2, 0) is 11.3 Å². The molecule has 4 rings (SSSR count). The van der Waals surface area contributed by atoms with E-state index in [9.17, 15) is 14.4 Å². The highest BCUT2D eigenvalue weighted by atomic mass is 19.1. The van der Waals surface area contributed by atoms with Crippen LogP contribution < -0.4 is 9.64 Å². The summed E-state index contributed by atoms with van der Waals surface area (Å²) in [5.41, 5.74) is 1.81. The molecule has 142 valence electrons. The number of nitriles is 1. The molecule has 2 aromatic heterocycles. The van der Waals surface area contributed by atoms with Crippen LogP contribution in [0.2, 0.25) is 0 Å². The summed E-state index contributed by atoms with van der Waals surface area (Å²) in [5, 5.41) is 9.20. The van der Waals surface area contributed by atoms with Crippen molar-refractivity contribution in [3.63, 3.8) is 0 Å². The van der Waals surface area contributed by atoms with E-state index in [1.165, 1.54) is 6.20 Å². The molecule has 0 saturated heterocycles. The van der Waals surface area contributed by atoms with Crippen molar-refractivity contribution in [3.05, 3.63) is 53.4 Å². The number of hydrogen-bond acceptors (Lipinski definition) is 7. The molecule has 2 aliphatic heterocycles. The van der Waals surface area contributed by atoms with Gasteiger partial charge in [0.05, 0.1) is 25.5 Å². The Bertz CT molecular complexity index is 969. The Morgan fingerprint density at radius 2 is 2.04 bits per heavy atom. The largest absolute Gasteiger partial charge is 0.490 e. The van der Waals surface area contributed by atoms with Crippen molar-refractivity contribution in [2.24, 2.45) is 0 Å². The van der Waals surface area contributed by atoms with Gasteiger partial charge < -0.3 is 14.5 Å². The Kier molecular flexibility index (Phi) is 4.85. The number of amides is 1. The molecular weight excluding hydrogens is 363 g/mol. The van der Waals surface area contributed by atoms with E-state index < -0.39 is 5.82 Å². The second kappa shape index (κ2) is 7.60.